The Morgan fingerprint density at radius 3 is 2.86 bits per heavy atom. The number of aromatic nitrogens is 2. The van der Waals surface area contributed by atoms with Crippen molar-refractivity contribution in [3.8, 4) is 0 Å². The maximum atomic E-state index is 4.83. The van der Waals surface area contributed by atoms with Gasteiger partial charge in [-0.1, -0.05) is 0 Å². The molecule has 1 aromatic rings. The van der Waals surface area contributed by atoms with Crippen LogP contribution in [0.1, 0.15) is 0 Å². The molecule has 0 saturated heterocycles. The average Bonchev–Trinajstić information content (AvgIpc) is 1.69. The molecule has 0 aliphatic rings. The van der Waals surface area contributed by atoms with E-state index < -0.39 is 5.65 Å². The molecule has 0 radical (unpaired) electrons. The lowest BCUT2D eigenvalue weighted by Crippen LogP contribution is -1.58. The first-order chi connectivity index (χ1) is 3.39. The van der Waals surface area contributed by atoms with Gasteiger partial charge in [-0.3, -0.25) is 0 Å². The second-order valence-electron chi connectivity index (χ2n) is 0.829. The highest BCUT2D eigenvalue weighted by atomic mass is 32.8. The molecule has 36 valence electrons. The largest absolute Gasteiger partial charge is 0.421 e. The molecule has 7 heavy (non-hydrogen) atoms. The van der Waals surface area contributed by atoms with E-state index in [2.05, 4.69) is 9.73 Å². The Kier molecular flexibility index (Phi) is 1.79. The van der Waals surface area contributed by atoms with Crippen LogP contribution in [0.5, 0.6) is 0 Å². The van der Waals surface area contributed by atoms with E-state index in [1.165, 1.54) is 17.3 Å². The Morgan fingerprint density at radius 2 is 2.57 bits per heavy atom. The van der Waals surface area contributed by atoms with E-state index in [4.69, 9.17) is 11.8 Å². The van der Waals surface area contributed by atoms with Crippen LogP contribution >= 0.6 is 28.4 Å². The number of hydrogen-bond acceptors (Lipinski definition) is 4. The fourth-order valence-electron chi connectivity index (χ4n) is 0.194. The normalized spacial score (nSPS) is 11.1. The van der Waals surface area contributed by atoms with Crippen molar-refractivity contribution in [2.45, 2.75) is 0 Å². The van der Waals surface area contributed by atoms with Crippen molar-refractivity contribution in [3.05, 3.63) is 11.8 Å². The van der Waals surface area contributed by atoms with Gasteiger partial charge >= 0.3 is 5.65 Å². The van der Waals surface area contributed by atoms with Crippen LogP contribution in [0.25, 0.3) is 0 Å². The fourth-order valence-corrected chi connectivity index (χ4v) is 1.75. The van der Waals surface area contributed by atoms with Crippen LogP contribution in [0.15, 0.2) is 11.8 Å². The van der Waals surface area contributed by atoms with E-state index in [-0.39, 0.29) is 0 Å². The standard InChI is InChI=1S/C2H2N2PS2/c6-5-4-1-3-2-7-5/h1-2H/q+1. The molecule has 1 heterocycles. The van der Waals surface area contributed by atoms with Gasteiger partial charge < -0.3 is 0 Å². The first kappa shape index (κ1) is 5.22. The maximum absolute atomic E-state index is 4.83. The molecule has 2 nitrogen and oxygen atoms in total. The topological polar surface area (TPSA) is 25.8 Å². The summed E-state index contributed by atoms with van der Waals surface area (Å²) in [5.41, 5.74) is 1.16. The Morgan fingerprint density at radius 1 is 1.71 bits per heavy atom. The second kappa shape index (κ2) is 2.40. The molecule has 0 aromatic carbocycles. The van der Waals surface area contributed by atoms with Crippen LogP contribution in [0.3, 0.4) is 0 Å². The summed E-state index contributed by atoms with van der Waals surface area (Å²) < 4.78 is 3.85. The Labute approximate surface area is 50.4 Å². The zero-order chi connectivity index (χ0) is 5.11. The number of hydrogen-bond donors (Lipinski definition) is 0. The second-order valence-corrected chi connectivity index (χ2v) is 5.36. The van der Waals surface area contributed by atoms with Gasteiger partial charge in [0.25, 0.3) is 0 Å². The molecule has 0 bridgehead atoms. The molecule has 5 heteroatoms. The predicted molar refractivity (Wildman–Crippen MR) is 34.4 cm³/mol. The van der Waals surface area contributed by atoms with Crippen molar-refractivity contribution < 1.29 is 0 Å². The molecule has 1 rings (SSSR count). The van der Waals surface area contributed by atoms with E-state index in [9.17, 15) is 0 Å². The van der Waals surface area contributed by atoms with Gasteiger partial charge in [0.05, 0.1) is 0 Å². The highest BCUT2D eigenvalue weighted by molar-refractivity contribution is 8.26. The highest BCUT2D eigenvalue weighted by Gasteiger charge is 1.86. The van der Waals surface area contributed by atoms with Crippen LogP contribution in [0.2, 0.25) is 0 Å². The summed E-state index contributed by atoms with van der Waals surface area (Å²) in [6, 6.07) is 0. The Hall–Kier alpha value is 0.0800. The van der Waals surface area contributed by atoms with Crippen LogP contribution in [0.4, 0.5) is 0 Å². The molecule has 1 atom stereocenters. The number of nitrogens with zero attached hydrogens (tertiary/aromatic N) is 2. The summed E-state index contributed by atoms with van der Waals surface area (Å²) in [6.45, 7) is 0. The summed E-state index contributed by atoms with van der Waals surface area (Å²) in [4.78, 5) is 3.72. The Balaban J connectivity index is 3.28. The molecule has 0 fully saturated rings. The van der Waals surface area contributed by atoms with E-state index >= 15 is 0 Å². The summed E-state index contributed by atoms with van der Waals surface area (Å²) >= 11 is 4.83. The van der Waals surface area contributed by atoms with E-state index in [0.717, 1.165) is 0 Å². The van der Waals surface area contributed by atoms with Crippen LogP contribution in [0, 0.1) is 0 Å². The monoisotopic (exact) mass is 149 g/mol. The molecule has 0 spiro atoms. The van der Waals surface area contributed by atoms with Crippen molar-refractivity contribution in [1.82, 2.24) is 9.73 Å². The summed E-state index contributed by atoms with van der Waals surface area (Å²) in [6.07, 6.45) is 1.51. The van der Waals surface area contributed by atoms with Crippen LogP contribution in [-0.4, -0.2) is 9.73 Å². The number of rotatable bonds is 0. The van der Waals surface area contributed by atoms with Crippen molar-refractivity contribution in [1.29, 1.82) is 0 Å². The first-order valence-corrected chi connectivity index (χ1v) is 5.37. The molecule has 1 unspecified atom stereocenters. The van der Waals surface area contributed by atoms with Gasteiger partial charge in [0, 0.05) is 0 Å². The third kappa shape index (κ3) is 1.55. The zero-order valence-corrected chi connectivity index (χ0v) is 5.84. The predicted octanol–water partition coefficient (Wildman–Crippen LogP) is 2.05. The molecule has 0 amide bonds. The molecular formula is C2H2N2PS2+. The lowest BCUT2D eigenvalue weighted by atomic mass is 11.3. The van der Waals surface area contributed by atoms with Crippen molar-refractivity contribution >= 4 is 28.4 Å². The van der Waals surface area contributed by atoms with E-state index in [1.807, 2.05) is 0 Å². The molecule has 0 aliphatic heterocycles. The van der Waals surface area contributed by atoms with Gasteiger partial charge in [-0.25, -0.2) is 4.98 Å². The van der Waals surface area contributed by atoms with Crippen molar-refractivity contribution in [2.24, 2.45) is 0 Å². The smallest absolute Gasteiger partial charge is 0.226 e. The molecule has 0 N–H and O–H groups in total. The van der Waals surface area contributed by atoms with Gasteiger partial charge in [-0.15, -0.1) is 0 Å². The average molecular weight is 149 g/mol. The van der Waals surface area contributed by atoms with Gasteiger partial charge in [-0.05, 0) is 4.75 Å². The maximum Gasteiger partial charge on any atom is 0.421 e. The van der Waals surface area contributed by atoms with Gasteiger partial charge in [0.1, 0.15) is 16.5 Å². The summed E-state index contributed by atoms with van der Waals surface area (Å²) in [5.74, 6) is 0. The van der Waals surface area contributed by atoms with Crippen molar-refractivity contribution in [2.75, 3.05) is 0 Å². The highest BCUT2D eigenvalue weighted by Crippen LogP contribution is 2.15. The van der Waals surface area contributed by atoms with Crippen molar-refractivity contribution in [3.63, 3.8) is 0 Å². The zero-order valence-electron chi connectivity index (χ0n) is 3.31. The first-order valence-electron chi connectivity index (χ1n) is 1.58. The quantitative estimate of drug-likeness (QED) is 0.564. The van der Waals surface area contributed by atoms with Crippen LogP contribution in [-0.2, 0) is 0 Å². The summed E-state index contributed by atoms with van der Waals surface area (Å²) in [7, 11) is 1.51. The van der Waals surface area contributed by atoms with Gasteiger partial charge in [0.15, 0.2) is 6.33 Å². The third-order valence-electron chi connectivity index (χ3n) is 0.411. The third-order valence-corrected chi connectivity index (χ3v) is 3.26. The summed E-state index contributed by atoms with van der Waals surface area (Å²) in [5, 5.41) is 0. The SMILES string of the molecule is S=[p+]1ncncs1. The molecule has 0 aliphatic carbocycles. The van der Waals surface area contributed by atoms with Gasteiger partial charge in [0.2, 0.25) is 11.8 Å². The molecule has 0 saturated carbocycles. The van der Waals surface area contributed by atoms with E-state index in [1.54, 1.807) is 5.51 Å². The Bertz CT molecular complexity index is 179. The lowest BCUT2D eigenvalue weighted by Gasteiger charge is -1.59. The van der Waals surface area contributed by atoms with Crippen LogP contribution < -0.4 is 0 Å². The molecular weight excluding hydrogens is 147 g/mol. The fraction of sp³-hybridized carbons (Fsp3) is 0. The lowest BCUT2D eigenvalue weighted by molar-refractivity contribution is 1.29. The molecule has 1 aromatic heterocycles. The van der Waals surface area contributed by atoms with Gasteiger partial charge in [-0.2, -0.15) is 0 Å². The minimum absolute atomic E-state index is 0.572. The minimum Gasteiger partial charge on any atom is -0.226 e. The van der Waals surface area contributed by atoms with E-state index in [0.29, 0.717) is 0 Å². The minimum atomic E-state index is -0.572.